The first-order valence-corrected chi connectivity index (χ1v) is 4.43. The SMILES string of the molecule is CC(C)=O.CC(C)=O.CCCCO.[Zr]. The van der Waals surface area contributed by atoms with E-state index in [0.717, 1.165) is 12.8 Å². The van der Waals surface area contributed by atoms with Crippen molar-refractivity contribution in [3.05, 3.63) is 0 Å². The maximum Gasteiger partial charge on any atom is 0.126 e. The standard InChI is InChI=1S/C4H10O.2C3H6O.Zr/c1-2-3-4-5;2*1-3(2)4;/h5H,2-4H2,1H3;2*1-2H3;. The van der Waals surface area contributed by atoms with Crippen LogP contribution in [0.3, 0.4) is 0 Å². The van der Waals surface area contributed by atoms with Crippen molar-refractivity contribution in [2.45, 2.75) is 47.5 Å². The molecule has 0 unspecified atom stereocenters. The van der Waals surface area contributed by atoms with Crippen LogP contribution in [0.25, 0.3) is 0 Å². The van der Waals surface area contributed by atoms with Crippen molar-refractivity contribution in [3.63, 3.8) is 0 Å². The monoisotopic (exact) mass is 280 g/mol. The van der Waals surface area contributed by atoms with Gasteiger partial charge in [-0.3, -0.25) is 0 Å². The molecule has 0 fully saturated rings. The summed E-state index contributed by atoms with van der Waals surface area (Å²) >= 11 is 0. The predicted octanol–water partition coefficient (Wildman–Crippen LogP) is 1.97. The van der Waals surface area contributed by atoms with Gasteiger partial charge in [0.25, 0.3) is 0 Å². The number of rotatable bonds is 2. The summed E-state index contributed by atoms with van der Waals surface area (Å²) in [5.41, 5.74) is 0. The smallest absolute Gasteiger partial charge is 0.126 e. The fourth-order valence-electron chi connectivity index (χ4n) is 0.158. The van der Waals surface area contributed by atoms with Gasteiger partial charge in [0.05, 0.1) is 0 Å². The molecule has 0 aliphatic carbocycles. The summed E-state index contributed by atoms with van der Waals surface area (Å²) in [6, 6.07) is 0. The molecule has 0 amide bonds. The van der Waals surface area contributed by atoms with Gasteiger partial charge >= 0.3 is 0 Å². The number of carbonyl (C=O) groups is 2. The first-order valence-electron chi connectivity index (χ1n) is 4.43. The molecular weight excluding hydrogens is 259 g/mol. The number of Topliss-reactive ketones (excluding diaryl/α,β-unsaturated/α-hetero) is 2. The normalized spacial score (nSPS) is 6.71. The molecule has 14 heavy (non-hydrogen) atoms. The topological polar surface area (TPSA) is 54.4 Å². The van der Waals surface area contributed by atoms with Crippen molar-refractivity contribution >= 4 is 11.6 Å². The third kappa shape index (κ3) is 320. The molecule has 0 bridgehead atoms. The van der Waals surface area contributed by atoms with Crippen molar-refractivity contribution in [1.82, 2.24) is 0 Å². The maximum absolute atomic E-state index is 9.44. The van der Waals surface area contributed by atoms with Crippen LogP contribution in [0.2, 0.25) is 0 Å². The molecule has 3 nitrogen and oxygen atoms in total. The van der Waals surface area contributed by atoms with Gasteiger partial charge in [-0.15, -0.1) is 0 Å². The molecule has 0 aromatic heterocycles. The number of ketones is 2. The molecule has 0 radical (unpaired) electrons. The van der Waals surface area contributed by atoms with Crippen LogP contribution in [-0.4, -0.2) is 23.3 Å². The zero-order chi connectivity index (χ0) is 11.3. The Morgan fingerprint density at radius 2 is 1.21 bits per heavy atom. The quantitative estimate of drug-likeness (QED) is 0.842. The Kier molecular flexibility index (Phi) is 39.4. The largest absolute Gasteiger partial charge is 0.396 e. The Morgan fingerprint density at radius 1 is 1.00 bits per heavy atom. The molecule has 84 valence electrons. The molecule has 1 N–H and O–H groups in total. The van der Waals surface area contributed by atoms with E-state index in [0.29, 0.717) is 6.61 Å². The van der Waals surface area contributed by atoms with Crippen LogP contribution in [0, 0.1) is 0 Å². The second-order valence-corrected chi connectivity index (χ2v) is 2.89. The van der Waals surface area contributed by atoms with Crippen LogP contribution in [0.5, 0.6) is 0 Å². The van der Waals surface area contributed by atoms with Crippen molar-refractivity contribution in [2.75, 3.05) is 6.61 Å². The van der Waals surface area contributed by atoms with Crippen molar-refractivity contribution < 1.29 is 40.9 Å². The summed E-state index contributed by atoms with van der Waals surface area (Å²) in [6.45, 7) is 8.51. The van der Waals surface area contributed by atoms with Gasteiger partial charge in [-0.05, 0) is 34.1 Å². The number of hydrogen-bond donors (Lipinski definition) is 1. The van der Waals surface area contributed by atoms with E-state index in [9.17, 15) is 9.59 Å². The van der Waals surface area contributed by atoms with E-state index >= 15 is 0 Å². The Morgan fingerprint density at radius 3 is 1.21 bits per heavy atom. The summed E-state index contributed by atoms with van der Waals surface area (Å²) in [4.78, 5) is 18.9. The molecule has 0 rings (SSSR count). The van der Waals surface area contributed by atoms with Crippen LogP contribution < -0.4 is 0 Å². The van der Waals surface area contributed by atoms with Crippen LogP contribution in [0.15, 0.2) is 0 Å². The summed E-state index contributed by atoms with van der Waals surface area (Å²) in [7, 11) is 0. The van der Waals surface area contributed by atoms with Gasteiger partial charge in [-0.2, -0.15) is 0 Å². The Labute approximate surface area is 106 Å². The van der Waals surface area contributed by atoms with E-state index in [4.69, 9.17) is 5.11 Å². The summed E-state index contributed by atoms with van der Waals surface area (Å²) in [6.07, 6.45) is 2.04. The molecule has 0 atom stereocenters. The van der Waals surface area contributed by atoms with E-state index in [2.05, 4.69) is 6.92 Å². The molecule has 0 saturated carbocycles. The van der Waals surface area contributed by atoms with Crippen molar-refractivity contribution in [1.29, 1.82) is 0 Å². The van der Waals surface area contributed by atoms with E-state index < -0.39 is 0 Å². The molecule has 0 aliphatic rings. The van der Waals surface area contributed by atoms with Gasteiger partial charge in [-0.25, -0.2) is 0 Å². The first-order chi connectivity index (χ1) is 5.88. The van der Waals surface area contributed by atoms with Crippen LogP contribution in [-0.2, 0) is 35.8 Å². The molecule has 0 aromatic rings. The van der Waals surface area contributed by atoms with Gasteiger partial charge < -0.3 is 14.7 Å². The van der Waals surface area contributed by atoms with Gasteiger partial charge in [0.1, 0.15) is 11.6 Å². The molecule has 0 aromatic carbocycles. The zero-order valence-corrected chi connectivity index (χ0v) is 12.3. The minimum Gasteiger partial charge on any atom is -0.396 e. The fraction of sp³-hybridized carbons (Fsp3) is 0.800. The van der Waals surface area contributed by atoms with Gasteiger partial charge in [-0.1, -0.05) is 13.3 Å². The molecule has 0 saturated heterocycles. The summed E-state index contributed by atoms with van der Waals surface area (Å²) < 4.78 is 0. The minimum atomic E-state index is 0. The Balaban J connectivity index is -0.0000000522. The number of aliphatic hydroxyl groups excluding tert-OH is 1. The fourth-order valence-corrected chi connectivity index (χ4v) is 0.158. The Bertz CT molecular complexity index is 103. The van der Waals surface area contributed by atoms with Gasteiger partial charge in [0, 0.05) is 32.8 Å². The van der Waals surface area contributed by atoms with E-state index in [-0.39, 0.29) is 37.8 Å². The van der Waals surface area contributed by atoms with Gasteiger partial charge in [0.15, 0.2) is 0 Å². The predicted molar refractivity (Wildman–Crippen MR) is 54.7 cm³/mol. The van der Waals surface area contributed by atoms with Crippen LogP contribution in [0.1, 0.15) is 47.5 Å². The third-order valence-electron chi connectivity index (χ3n) is 0.512. The number of hydrogen-bond acceptors (Lipinski definition) is 3. The molecule has 0 spiro atoms. The van der Waals surface area contributed by atoms with Crippen molar-refractivity contribution in [3.8, 4) is 0 Å². The summed E-state index contributed by atoms with van der Waals surface area (Å²) in [5, 5.41) is 8.07. The van der Waals surface area contributed by atoms with Crippen LogP contribution >= 0.6 is 0 Å². The number of aliphatic hydroxyl groups is 1. The molecule has 0 aliphatic heterocycles. The Hall–Kier alpha value is 0.183. The van der Waals surface area contributed by atoms with E-state index in [1.807, 2.05) is 0 Å². The van der Waals surface area contributed by atoms with Crippen molar-refractivity contribution in [2.24, 2.45) is 0 Å². The van der Waals surface area contributed by atoms with Gasteiger partial charge in [0.2, 0.25) is 0 Å². The van der Waals surface area contributed by atoms with E-state index in [1.54, 1.807) is 0 Å². The van der Waals surface area contributed by atoms with E-state index in [1.165, 1.54) is 27.7 Å². The minimum absolute atomic E-state index is 0. The first kappa shape index (κ1) is 23.8. The molecular formula is C10H22O3Zr. The second-order valence-electron chi connectivity index (χ2n) is 2.89. The number of carbonyl (C=O) groups excluding carboxylic acids is 2. The third-order valence-corrected chi connectivity index (χ3v) is 0.512. The molecule has 0 heterocycles. The average molecular weight is 282 g/mol. The van der Waals surface area contributed by atoms with Crippen LogP contribution in [0.4, 0.5) is 0 Å². The zero-order valence-electron chi connectivity index (χ0n) is 9.89. The molecule has 4 heteroatoms. The summed E-state index contributed by atoms with van der Waals surface area (Å²) in [5.74, 6) is 0.333. The average Bonchev–Trinajstić information content (AvgIpc) is 1.86. The maximum atomic E-state index is 9.44. The second kappa shape index (κ2) is 23.2. The number of unbranched alkanes of at least 4 members (excludes halogenated alkanes) is 1.